The molecule has 1 heterocycles. The molecule has 1 N–H and O–H groups in total. The van der Waals surface area contributed by atoms with Gasteiger partial charge < -0.3 is 19.7 Å². The minimum atomic E-state index is -0.122. The lowest BCUT2D eigenvalue weighted by Gasteiger charge is -2.36. The zero-order valence-electron chi connectivity index (χ0n) is 21.2. The van der Waals surface area contributed by atoms with Gasteiger partial charge in [0.2, 0.25) is 5.91 Å². The number of nitrogens with one attached hydrogen (secondary N) is 1. The minimum Gasteiger partial charge on any atom is -0.491 e. The van der Waals surface area contributed by atoms with Crippen molar-refractivity contribution in [2.75, 3.05) is 39.2 Å². The van der Waals surface area contributed by atoms with E-state index in [2.05, 4.69) is 48.3 Å². The highest BCUT2D eigenvalue weighted by atomic mass is 16.5. The quantitative estimate of drug-likeness (QED) is 0.701. The van der Waals surface area contributed by atoms with Crippen molar-refractivity contribution in [1.82, 2.24) is 9.80 Å². The van der Waals surface area contributed by atoms with Gasteiger partial charge in [0.1, 0.15) is 12.4 Å². The van der Waals surface area contributed by atoms with Crippen LogP contribution < -0.4 is 10.1 Å². The van der Waals surface area contributed by atoms with Crippen molar-refractivity contribution in [1.29, 1.82) is 0 Å². The van der Waals surface area contributed by atoms with Crippen LogP contribution in [0.5, 0.6) is 5.75 Å². The average Bonchev–Trinajstić information content (AvgIpc) is 3.71. The summed E-state index contributed by atoms with van der Waals surface area (Å²) in [6.45, 7) is 6.82. The summed E-state index contributed by atoms with van der Waals surface area (Å²) >= 11 is 0. The van der Waals surface area contributed by atoms with E-state index in [0.29, 0.717) is 30.2 Å². The van der Waals surface area contributed by atoms with E-state index < -0.39 is 0 Å². The molecule has 1 fully saturated rings. The van der Waals surface area contributed by atoms with Crippen LogP contribution >= 0.6 is 0 Å². The Labute approximate surface area is 208 Å². The molecule has 1 aliphatic heterocycles. The maximum Gasteiger partial charge on any atom is 0.257 e. The van der Waals surface area contributed by atoms with E-state index in [0.717, 1.165) is 25.9 Å². The van der Waals surface area contributed by atoms with Crippen LogP contribution in [-0.2, 0) is 16.1 Å². The molecule has 0 aromatic heterocycles. The standard InChI is InChI=1S/C28H37N3O4/c1-19-15-31(16-21-8-6-5-7-9-21)20(2)18-35-25-14-23(29-27(32)22-10-11-22)12-13-24(25)28(33)30(3)17-26(19)34-4/h5-9,12-14,19-20,22,26H,10-11,15-18H2,1-4H3,(H,29,32)/t19-,20+,26+/m1/s1. The third-order valence-corrected chi connectivity index (χ3v) is 7.02. The van der Waals surface area contributed by atoms with E-state index >= 15 is 0 Å². The molecular formula is C28H37N3O4. The highest BCUT2D eigenvalue weighted by Gasteiger charge is 2.31. The Kier molecular flexibility index (Phi) is 8.08. The number of carbonyl (C=O) groups excluding carboxylic acids is 2. The third kappa shape index (κ3) is 6.41. The van der Waals surface area contributed by atoms with E-state index in [1.165, 1.54) is 5.56 Å². The van der Waals surface area contributed by atoms with Crippen LogP contribution in [0.4, 0.5) is 5.69 Å². The Balaban J connectivity index is 1.62. The van der Waals surface area contributed by atoms with E-state index in [-0.39, 0.29) is 35.8 Å². The number of hydrogen-bond donors (Lipinski definition) is 1. The molecule has 0 radical (unpaired) electrons. The van der Waals surface area contributed by atoms with E-state index in [1.807, 2.05) is 6.07 Å². The van der Waals surface area contributed by atoms with Crippen molar-refractivity contribution in [3.05, 3.63) is 59.7 Å². The molecule has 1 aliphatic carbocycles. The molecule has 35 heavy (non-hydrogen) atoms. The Morgan fingerprint density at radius 2 is 1.86 bits per heavy atom. The zero-order chi connectivity index (χ0) is 24.9. The van der Waals surface area contributed by atoms with Crippen molar-refractivity contribution >= 4 is 17.5 Å². The number of benzene rings is 2. The molecule has 7 nitrogen and oxygen atoms in total. The van der Waals surface area contributed by atoms with Gasteiger partial charge in [0, 0.05) is 57.5 Å². The lowest BCUT2D eigenvalue weighted by molar-refractivity contribution is -0.117. The topological polar surface area (TPSA) is 71.1 Å². The van der Waals surface area contributed by atoms with Crippen LogP contribution in [0.1, 0.15) is 42.6 Å². The Hall–Kier alpha value is -2.90. The predicted molar refractivity (Wildman–Crippen MR) is 137 cm³/mol. The highest BCUT2D eigenvalue weighted by molar-refractivity contribution is 5.99. The lowest BCUT2D eigenvalue weighted by Crippen LogP contribution is -2.46. The molecule has 2 aliphatic rings. The minimum absolute atomic E-state index is 0.0286. The van der Waals surface area contributed by atoms with Gasteiger partial charge in [-0.1, -0.05) is 37.3 Å². The Morgan fingerprint density at radius 1 is 1.11 bits per heavy atom. The summed E-state index contributed by atoms with van der Waals surface area (Å²) < 4.78 is 12.1. The first kappa shape index (κ1) is 25.2. The molecule has 1 saturated carbocycles. The lowest BCUT2D eigenvalue weighted by atomic mass is 10.0. The normalized spacial score (nSPS) is 24.1. The van der Waals surface area contributed by atoms with Gasteiger partial charge >= 0.3 is 0 Å². The number of ether oxygens (including phenoxy) is 2. The molecule has 2 aromatic carbocycles. The molecule has 3 atom stereocenters. The molecule has 2 aromatic rings. The van der Waals surface area contributed by atoms with E-state index in [9.17, 15) is 9.59 Å². The van der Waals surface area contributed by atoms with Crippen LogP contribution in [0.3, 0.4) is 0 Å². The number of likely N-dealkylation sites (N-methyl/N-ethyl adjacent to an activating group) is 1. The van der Waals surface area contributed by atoms with E-state index in [4.69, 9.17) is 9.47 Å². The SMILES string of the molecule is CO[C@H]1CN(C)C(=O)c2ccc(NC(=O)C3CC3)cc2OC[C@H](C)N(Cc2ccccc2)C[C@H]1C. The number of fused-ring (bicyclic) bond motifs is 1. The number of hydrogen-bond acceptors (Lipinski definition) is 5. The molecule has 0 bridgehead atoms. The summed E-state index contributed by atoms with van der Waals surface area (Å²) in [6, 6.07) is 15.8. The van der Waals surface area contributed by atoms with Gasteiger partial charge in [0.15, 0.2) is 0 Å². The fourth-order valence-corrected chi connectivity index (χ4v) is 4.55. The molecular weight excluding hydrogens is 442 g/mol. The predicted octanol–water partition coefficient (Wildman–Crippen LogP) is 4.04. The largest absolute Gasteiger partial charge is 0.491 e. The van der Waals surface area contributed by atoms with Crippen molar-refractivity contribution in [2.24, 2.45) is 11.8 Å². The maximum absolute atomic E-state index is 13.4. The first-order valence-electron chi connectivity index (χ1n) is 12.5. The molecule has 0 saturated heterocycles. The van der Waals surface area contributed by atoms with Gasteiger partial charge in [0.05, 0.1) is 11.7 Å². The van der Waals surface area contributed by atoms with Gasteiger partial charge in [0.25, 0.3) is 5.91 Å². The molecule has 0 unspecified atom stereocenters. The Morgan fingerprint density at radius 3 is 2.54 bits per heavy atom. The summed E-state index contributed by atoms with van der Waals surface area (Å²) in [4.78, 5) is 29.7. The highest BCUT2D eigenvalue weighted by Crippen LogP contribution is 2.32. The second-order valence-electron chi connectivity index (χ2n) is 9.99. The van der Waals surface area contributed by atoms with Gasteiger partial charge in [-0.25, -0.2) is 0 Å². The summed E-state index contributed by atoms with van der Waals surface area (Å²) in [6.07, 6.45) is 1.77. The third-order valence-electron chi connectivity index (χ3n) is 7.02. The number of anilines is 1. The van der Waals surface area contributed by atoms with Crippen LogP contribution in [-0.4, -0.2) is 67.6 Å². The monoisotopic (exact) mass is 479 g/mol. The number of carbonyl (C=O) groups is 2. The molecule has 0 spiro atoms. The first-order chi connectivity index (χ1) is 16.9. The van der Waals surface area contributed by atoms with Gasteiger partial charge in [-0.3, -0.25) is 14.5 Å². The van der Waals surface area contributed by atoms with Crippen LogP contribution in [0, 0.1) is 11.8 Å². The number of nitrogens with zero attached hydrogens (tertiary/aromatic N) is 2. The zero-order valence-corrected chi connectivity index (χ0v) is 21.2. The van der Waals surface area contributed by atoms with Crippen molar-refractivity contribution in [3.63, 3.8) is 0 Å². The molecule has 4 rings (SSSR count). The van der Waals surface area contributed by atoms with Crippen molar-refractivity contribution in [3.8, 4) is 5.75 Å². The second kappa shape index (κ2) is 11.2. The molecule has 188 valence electrons. The number of methoxy groups -OCH3 is 1. The second-order valence-corrected chi connectivity index (χ2v) is 9.99. The van der Waals surface area contributed by atoms with Gasteiger partial charge in [-0.05, 0) is 43.4 Å². The fraction of sp³-hybridized carbons (Fsp3) is 0.500. The van der Waals surface area contributed by atoms with Crippen LogP contribution in [0.25, 0.3) is 0 Å². The molecule has 2 amide bonds. The van der Waals surface area contributed by atoms with Crippen molar-refractivity contribution < 1.29 is 19.1 Å². The number of amides is 2. The average molecular weight is 480 g/mol. The summed E-state index contributed by atoms with van der Waals surface area (Å²) in [7, 11) is 3.51. The van der Waals surface area contributed by atoms with Gasteiger partial charge in [-0.15, -0.1) is 0 Å². The van der Waals surface area contributed by atoms with Crippen molar-refractivity contribution in [2.45, 2.75) is 45.4 Å². The first-order valence-corrected chi connectivity index (χ1v) is 12.5. The molecule has 7 heteroatoms. The fourth-order valence-electron chi connectivity index (χ4n) is 4.55. The summed E-state index contributed by atoms with van der Waals surface area (Å²) in [5.74, 6) is 0.707. The summed E-state index contributed by atoms with van der Waals surface area (Å²) in [5, 5.41) is 2.97. The maximum atomic E-state index is 13.4. The smallest absolute Gasteiger partial charge is 0.257 e. The van der Waals surface area contributed by atoms with Crippen LogP contribution in [0.2, 0.25) is 0 Å². The number of rotatable bonds is 5. The van der Waals surface area contributed by atoms with Crippen LogP contribution in [0.15, 0.2) is 48.5 Å². The van der Waals surface area contributed by atoms with Gasteiger partial charge in [-0.2, -0.15) is 0 Å². The summed E-state index contributed by atoms with van der Waals surface area (Å²) in [5.41, 5.74) is 2.38. The Bertz CT molecular complexity index is 1020. The van der Waals surface area contributed by atoms with E-state index in [1.54, 1.807) is 37.3 Å².